The maximum atomic E-state index is 12.0. The van der Waals surface area contributed by atoms with Crippen molar-refractivity contribution in [3.8, 4) is 17.1 Å². The number of hydrogen-bond acceptors (Lipinski definition) is 6. The van der Waals surface area contributed by atoms with Crippen LogP contribution in [0.5, 0.6) is 5.75 Å². The summed E-state index contributed by atoms with van der Waals surface area (Å²) >= 11 is 0. The number of nitrogens with one attached hydrogen (secondary N) is 1. The predicted molar refractivity (Wildman–Crippen MR) is 125 cm³/mol. The highest BCUT2D eigenvalue weighted by atomic mass is 16.3. The highest BCUT2D eigenvalue weighted by molar-refractivity contribution is 5.92. The summed E-state index contributed by atoms with van der Waals surface area (Å²) in [4.78, 5) is 23.8. The fraction of sp³-hybridized carbons (Fsp3) is 0.375. The molecular formula is C24H32N4O3. The van der Waals surface area contributed by atoms with E-state index in [0.717, 1.165) is 48.2 Å². The van der Waals surface area contributed by atoms with Gasteiger partial charge in [-0.3, -0.25) is 4.79 Å². The Morgan fingerprint density at radius 3 is 2.68 bits per heavy atom. The van der Waals surface area contributed by atoms with Crippen LogP contribution < -0.4 is 10.2 Å². The molecule has 0 spiro atoms. The average Bonchev–Trinajstić information content (AvgIpc) is 2.78. The van der Waals surface area contributed by atoms with Gasteiger partial charge in [0.25, 0.3) is 0 Å². The van der Waals surface area contributed by atoms with Crippen molar-refractivity contribution in [3.63, 3.8) is 0 Å². The summed E-state index contributed by atoms with van der Waals surface area (Å²) in [6.07, 6.45) is 0.997. The van der Waals surface area contributed by atoms with Crippen molar-refractivity contribution in [1.82, 2.24) is 15.3 Å². The third-order valence-electron chi connectivity index (χ3n) is 5.81. The number of anilines is 1. The lowest BCUT2D eigenvalue weighted by Gasteiger charge is -2.34. The highest BCUT2D eigenvalue weighted by Gasteiger charge is 2.25. The van der Waals surface area contributed by atoms with Gasteiger partial charge >= 0.3 is 0 Å². The number of nitrogens with zero attached hydrogens (tertiary/aromatic N) is 3. The number of rotatable bonds is 5. The molecule has 166 valence electrons. The molecule has 3 N–H and O–H groups in total. The minimum atomic E-state index is -0.951. The van der Waals surface area contributed by atoms with E-state index >= 15 is 0 Å². The Balaban J connectivity index is 0.00000193. The second-order valence-electron chi connectivity index (χ2n) is 8.10. The molecule has 1 aliphatic heterocycles. The Morgan fingerprint density at radius 1 is 1.23 bits per heavy atom. The molecule has 0 unspecified atom stereocenters. The molecule has 31 heavy (non-hydrogen) atoms. The number of aliphatic hydroxyl groups excluding tert-OH is 1. The Hall–Kier alpha value is -3.19. The number of carbonyl (C=O) groups excluding carboxylic acids is 1. The molecule has 2 aromatic carbocycles. The lowest BCUT2D eigenvalue weighted by Crippen LogP contribution is -2.47. The number of benzene rings is 2. The first-order valence-electron chi connectivity index (χ1n) is 10.8. The predicted octanol–water partition coefficient (Wildman–Crippen LogP) is 3.66. The zero-order chi connectivity index (χ0) is 22.0. The molecule has 0 aliphatic carbocycles. The zero-order valence-corrected chi connectivity index (χ0v) is 17.9. The number of aromatic nitrogens is 2. The Morgan fingerprint density at radius 2 is 1.97 bits per heavy atom. The molecule has 7 nitrogen and oxygen atoms in total. The van der Waals surface area contributed by atoms with Gasteiger partial charge in [-0.15, -0.1) is 0 Å². The normalized spacial score (nSPS) is 15.8. The van der Waals surface area contributed by atoms with Crippen LogP contribution in [0.4, 0.5) is 5.82 Å². The molecule has 1 amide bonds. The van der Waals surface area contributed by atoms with Crippen molar-refractivity contribution in [2.24, 2.45) is 0 Å². The molecule has 1 aromatic heterocycles. The molecule has 1 fully saturated rings. The number of aromatic hydroxyl groups is 1. The van der Waals surface area contributed by atoms with E-state index < -0.39 is 6.10 Å². The fourth-order valence-corrected chi connectivity index (χ4v) is 3.97. The number of fused-ring (bicyclic) bond motifs is 1. The van der Waals surface area contributed by atoms with Crippen molar-refractivity contribution in [3.05, 3.63) is 48.0 Å². The first-order chi connectivity index (χ1) is 15.0. The van der Waals surface area contributed by atoms with Crippen LogP contribution >= 0.6 is 0 Å². The van der Waals surface area contributed by atoms with Gasteiger partial charge in [0.05, 0.1) is 11.1 Å². The topological polar surface area (TPSA) is 98.6 Å². The van der Waals surface area contributed by atoms with E-state index in [1.165, 1.54) is 0 Å². The van der Waals surface area contributed by atoms with Crippen molar-refractivity contribution in [1.29, 1.82) is 0 Å². The lowest BCUT2D eigenvalue weighted by atomic mass is 10.0. The summed E-state index contributed by atoms with van der Waals surface area (Å²) in [5.74, 6) is 1.18. The second-order valence-corrected chi connectivity index (χ2v) is 8.10. The van der Waals surface area contributed by atoms with Gasteiger partial charge in [0.2, 0.25) is 5.91 Å². The van der Waals surface area contributed by atoms with E-state index in [2.05, 4.69) is 10.2 Å². The summed E-state index contributed by atoms with van der Waals surface area (Å²) in [6, 6.07) is 13.3. The van der Waals surface area contributed by atoms with E-state index in [1.807, 2.05) is 37.3 Å². The summed E-state index contributed by atoms with van der Waals surface area (Å²) < 4.78 is 0. The highest BCUT2D eigenvalue weighted by Crippen LogP contribution is 2.33. The number of phenols is 1. The summed E-state index contributed by atoms with van der Waals surface area (Å²) in [6.45, 7) is 5.28. The van der Waals surface area contributed by atoms with Crippen LogP contribution in [-0.4, -0.2) is 51.3 Å². The third-order valence-corrected chi connectivity index (χ3v) is 5.81. The number of para-hydroxylation sites is 1. The van der Waals surface area contributed by atoms with Gasteiger partial charge in [-0.2, -0.15) is 0 Å². The number of phenolic OH excluding ortho intramolecular Hbond substituents is 1. The molecule has 0 saturated carbocycles. The van der Waals surface area contributed by atoms with E-state index in [1.54, 1.807) is 19.1 Å². The lowest BCUT2D eigenvalue weighted by molar-refractivity contribution is -0.130. The number of piperidine rings is 1. The molecule has 0 bridgehead atoms. The molecule has 2 heterocycles. The monoisotopic (exact) mass is 424 g/mol. The van der Waals surface area contributed by atoms with Gasteiger partial charge in [-0.05, 0) is 56.0 Å². The quantitative estimate of drug-likeness (QED) is 0.578. The summed E-state index contributed by atoms with van der Waals surface area (Å²) in [7, 11) is 0. The van der Waals surface area contributed by atoms with Gasteiger partial charge in [0.1, 0.15) is 17.7 Å². The van der Waals surface area contributed by atoms with Crippen molar-refractivity contribution in [2.45, 2.75) is 45.3 Å². The van der Waals surface area contributed by atoms with Crippen LogP contribution in [0, 0.1) is 6.92 Å². The van der Waals surface area contributed by atoms with E-state index in [4.69, 9.17) is 9.97 Å². The summed E-state index contributed by atoms with van der Waals surface area (Å²) in [5, 5.41) is 24.0. The van der Waals surface area contributed by atoms with Crippen LogP contribution in [0.1, 0.15) is 34.6 Å². The number of aliphatic hydroxyl groups is 1. The van der Waals surface area contributed by atoms with Crippen LogP contribution in [0.3, 0.4) is 0 Å². The SMILES string of the molecule is CC[C@H](O)C(=O)NC1CCN(c2nc(-c3ccccc3O)nc3cc(C)ccc23)CC1.[HH].[HH]. The van der Waals surface area contributed by atoms with Crippen molar-refractivity contribution >= 4 is 22.6 Å². The van der Waals surface area contributed by atoms with Crippen LogP contribution in [0.2, 0.25) is 0 Å². The van der Waals surface area contributed by atoms with E-state index in [-0.39, 0.29) is 20.6 Å². The van der Waals surface area contributed by atoms with Crippen LogP contribution in [0.25, 0.3) is 22.3 Å². The molecule has 1 aliphatic rings. The van der Waals surface area contributed by atoms with E-state index in [0.29, 0.717) is 17.8 Å². The maximum absolute atomic E-state index is 12.0. The number of hydrogen-bond donors (Lipinski definition) is 3. The smallest absolute Gasteiger partial charge is 0.249 e. The third kappa shape index (κ3) is 4.46. The molecule has 1 saturated heterocycles. The molecular weight excluding hydrogens is 392 g/mol. The van der Waals surface area contributed by atoms with Crippen molar-refractivity contribution < 1.29 is 17.9 Å². The maximum Gasteiger partial charge on any atom is 0.249 e. The van der Waals surface area contributed by atoms with Gasteiger partial charge in [-0.25, -0.2) is 9.97 Å². The second kappa shape index (κ2) is 8.89. The standard InChI is InChI=1S/C24H28N4O3.2H2/c1-3-20(29)24(31)25-16-10-12-28(13-11-16)23-17-9-8-15(2)14-19(17)26-22(27-23)18-6-4-5-7-21(18)30;;/h4-9,14,16,20,29-30H,3,10-13H2,1-2H3,(H,25,31);2*1H/t20-;;/m0../s1. The minimum Gasteiger partial charge on any atom is -0.507 e. The van der Waals surface area contributed by atoms with Crippen LogP contribution in [0.15, 0.2) is 42.5 Å². The molecule has 0 radical (unpaired) electrons. The zero-order valence-electron chi connectivity index (χ0n) is 17.9. The molecule has 1 atom stereocenters. The largest absolute Gasteiger partial charge is 0.507 e. The fourth-order valence-electron chi connectivity index (χ4n) is 3.97. The van der Waals surface area contributed by atoms with Gasteiger partial charge in [-0.1, -0.05) is 25.1 Å². The Kier molecular flexibility index (Phi) is 6.04. The number of aryl methyl sites for hydroxylation is 1. The number of carbonyl (C=O) groups is 1. The summed E-state index contributed by atoms with van der Waals surface area (Å²) in [5.41, 5.74) is 2.55. The first-order valence-corrected chi connectivity index (χ1v) is 10.8. The van der Waals surface area contributed by atoms with Gasteiger partial charge < -0.3 is 20.4 Å². The van der Waals surface area contributed by atoms with Gasteiger partial charge in [0, 0.05) is 27.4 Å². The van der Waals surface area contributed by atoms with Gasteiger partial charge in [0.15, 0.2) is 5.82 Å². The van der Waals surface area contributed by atoms with E-state index in [9.17, 15) is 15.0 Å². The molecule has 7 heteroatoms. The molecule has 3 aromatic rings. The van der Waals surface area contributed by atoms with Crippen LogP contribution in [-0.2, 0) is 4.79 Å². The minimum absolute atomic E-state index is 0. The average molecular weight is 425 g/mol. The Labute approximate surface area is 184 Å². The molecule has 4 rings (SSSR count). The first kappa shape index (κ1) is 21.1. The Bertz CT molecular complexity index is 1100. The number of amides is 1. The van der Waals surface area contributed by atoms with Crippen molar-refractivity contribution in [2.75, 3.05) is 18.0 Å².